The number of anilines is 1. The Bertz CT molecular complexity index is 746. The molecule has 0 heterocycles. The van der Waals surface area contributed by atoms with Gasteiger partial charge in [0.15, 0.2) is 0 Å². The summed E-state index contributed by atoms with van der Waals surface area (Å²) in [7, 11) is 1.62. The Kier molecular flexibility index (Phi) is 6.71. The summed E-state index contributed by atoms with van der Waals surface area (Å²) in [5, 5.41) is 3.25. The van der Waals surface area contributed by atoms with Gasteiger partial charge < -0.3 is 10.1 Å². The lowest BCUT2D eigenvalue weighted by molar-refractivity contribution is 0.248. The van der Waals surface area contributed by atoms with E-state index in [2.05, 4.69) is 24.4 Å². The van der Waals surface area contributed by atoms with Gasteiger partial charge in [0.25, 0.3) is 0 Å². The lowest BCUT2D eigenvalue weighted by Gasteiger charge is -2.24. The van der Waals surface area contributed by atoms with Crippen molar-refractivity contribution >= 4 is 23.3 Å². The summed E-state index contributed by atoms with van der Waals surface area (Å²) >= 11 is 6.39. The molecule has 0 unspecified atom stereocenters. The molecule has 2 rings (SSSR count). The Morgan fingerprint density at radius 3 is 2.60 bits per heavy atom. The van der Waals surface area contributed by atoms with Gasteiger partial charge >= 0.3 is 6.03 Å². The molecule has 0 aliphatic carbocycles. The van der Waals surface area contributed by atoms with Gasteiger partial charge in [0.1, 0.15) is 12.4 Å². The summed E-state index contributed by atoms with van der Waals surface area (Å²) in [5.74, 6) is 0.825. The van der Waals surface area contributed by atoms with E-state index < -0.39 is 0 Å². The molecule has 5 heteroatoms. The average Bonchev–Trinajstić information content (AvgIpc) is 2.62. The molecule has 0 fully saturated rings. The number of halogens is 1. The molecule has 0 aliphatic rings. The first-order chi connectivity index (χ1) is 12.0. The normalized spacial score (nSPS) is 10.4. The quantitative estimate of drug-likeness (QED) is 0.791. The molecule has 25 heavy (non-hydrogen) atoms. The van der Waals surface area contributed by atoms with Gasteiger partial charge in [-0.25, -0.2) is 4.79 Å². The SMILES string of the molecule is CCc1ccc(OCc2c(Cl)cccc2N(CC)C(=O)NC)c(C)c1. The maximum atomic E-state index is 12.1. The lowest BCUT2D eigenvalue weighted by atomic mass is 10.1. The number of hydrogen-bond donors (Lipinski definition) is 1. The maximum absolute atomic E-state index is 12.1. The molecule has 1 N–H and O–H groups in total. The largest absolute Gasteiger partial charge is 0.488 e. The summed E-state index contributed by atoms with van der Waals surface area (Å²) in [5.41, 5.74) is 3.93. The van der Waals surface area contributed by atoms with Gasteiger partial charge in [0.05, 0.1) is 5.69 Å². The van der Waals surface area contributed by atoms with Crippen LogP contribution in [0.5, 0.6) is 5.75 Å². The highest BCUT2D eigenvalue weighted by Crippen LogP contribution is 2.30. The van der Waals surface area contributed by atoms with Gasteiger partial charge in [-0.3, -0.25) is 4.90 Å². The van der Waals surface area contributed by atoms with Crippen molar-refractivity contribution in [3.8, 4) is 5.75 Å². The molecule has 4 nitrogen and oxygen atoms in total. The van der Waals surface area contributed by atoms with Gasteiger partial charge in [0.2, 0.25) is 0 Å². The number of carbonyl (C=O) groups excluding carboxylic acids is 1. The summed E-state index contributed by atoms with van der Waals surface area (Å²) in [6.45, 7) is 6.93. The van der Waals surface area contributed by atoms with E-state index in [9.17, 15) is 4.79 Å². The Hall–Kier alpha value is -2.20. The number of carbonyl (C=O) groups is 1. The van der Waals surface area contributed by atoms with Crippen molar-refractivity contribution in [1.29, 1.82) is 0 Å². The van der Waals surface area contributed by atoms with Crippen LogP contribution in [0.3, 0.4) is 0 Å². The van der Waals surface area contributed by atoms with Crippen LogP contribution in [0, 0.1) is 6.92 Å². The minimum absolute atomic E-state index is 0.172. The van der Waals surface area contributed by atoms with E-state index in [4.69, 9.17) is 16.3 Å². The second-order valence-corrected chi connectivity index (χ2v) is 6.19. The number of rotatable bonds is 6. The summed E-state index contributed by atoms with van der Waals surface area (Å²) in [6.07, 6.45) is 0.993. The highest BCUT2D eigenvalue weighted by molar-refractivity contribution is 6.31. The monoisotopic (exact) mass is 360 g/mol. The van der Waals surface area contributed by atoms with Gasteiger partial charge in [-0.15, -0.1) is 0 Å². The fraction of sp³-hybridized carbons (Fsp3) is 0.350. The van der Waals surface area contributed by atoms with E-state index in [1.165, 1.54) is 5.56 Å². The predicted octanol–water partition coefficient (Wildman–Crippen LogP) is 4.96. The number of hydrogen-bond acceptors (Lipinski definition) is 2. The third kappa shape index (κ3) is 4.45. The van der Waals surface area contributed by atoms with Crippen molar-refractivity contribution in [3.05, 3.63) is 58.1 Å². The minimum Gasteiger partial charge on any atom is -0.488 e. The smallest absolute Gasteiger partial charge is 0.321 e. The molecule has 0 radical (unpaired) electrons. The van der Waals surface area contributed by atoms with Crippen LogP contribution in [-0.4, -0.2) is 19.6 Å². The molecule has 0 saturated heterocycles. The Labute approximate surface area is 154 Å². The highest BCUT2D eigenvalue weighted by atomic mass is 35.5. The molecular weight excluding hydrogens is 336 g/mol. The number of nitrogens with zero attached hydrogens (tertiary/aromatic N) is 1. The molecule has 0 aliphatic heterocycles. The molecule has 2 aromatic rings. The molecule has 134 valence electrons. The van der Waals surface area contributed by atoms with Crippen LogP contribution in [0.4, 0.5) is 10.5 Å². The van der Waals surface area contributed by atoms with E-state index >= 15 is 0 Å². The van der Waals surface area contributed by atoms with Crippen molar-refractivity contribution < 1.29 is 9.53 Å². The van der Waals surface area contributed by atoms with Crippen molar-refractivity contribution in [3.63, 3.8) is 0 Å². The van der Waals surface area contributed by atoms with Crippen LogP contribution in [0.2, 0.25) is 5.02 Å². The fourth-order valence-electron chi connectivity index (χ4n) is 2.74. The van der Waals surface area contributed by atoms with Gasteiger partial charge in [0, 0.05) is 24.2 Å². The lowest BCUT2D eigenvalue weighted by Crippen LogP contribution is -2.38. The number of benzene rings is 2. The van der Waals surface area contributed by atoms with Gasteiger partial charge in [-0.05, 0) is 49.6 Å². The van der Waals surface area contributed by atoms with Crippen molar-refractivity contribution in [2.45, 2.75) is 33.8 Å². The Morgan fingerprint density at radius 2 is 2.00 bits per heavy atom. The third-order valence-corrected chi connectivity index (χ3v) is 4.53. The number of amides is 2. The zero-order chi connectivity index (χ0) is 18.4. The van der Waals surface area contributed by atoms with Crippen LogP contribution in [0.15, 0.2) is 36.4 Å². The summed E-state index contributed by atoms with van der Waals surface area (Å²) in [6, 6.07) is 11.6. The third-order valence-electron chi connectivity index (χ3n) is 4.18. The van der Waals surface area contributed by atoms with E-state index in [-0.39, 0.29) is 6.03 Å². The zero-order valence-electron chi connectivity index (χ0n) is 15.2. The van der Waals surface area contributed by atoms with E-state index in [0.717, 1.165) is 29.0 Å². The number of ether oxygens (including phenoxy) is 1. The standard InChI is InChI=1S/C20H25ClN2O2/c1-5-15-10-11-19(14(3)12-15)25-13-16-17(21)8-7-9-18(16)23(6-2)20(24)22-4/h7-12H,5-6,13H2,1-4H3,(H,22,24). The summed E-state index contributed by atoms with van der Waals surface area (Å²) in [4.78, 5) is 13.8. The van der Waals surface area contributed by atoms with Crippen molar-refractivity contribution in [2.24, 2.45) is 0 Å². The molecule has 0 aromatic heterocycles. The zero-order valence-corrected chi connectivity index (χ0v) is 16.0. The topological polar surface area (TPSA) is 41.6 Å². The molecule has 2 aromatic carbocycles. The van der Waals surface area contributed by atoms with Crippen LogP contribution >= 0.6 is 11.6 Å². The van der Waals surface area contributed by atoms with Crippen LogP contribution in [-0.2, 0) is 13.0 Å². The number of urea groups is 1. The number of aryl methyl sites for hydroxylation is 2. The van der Waals surface area contributed by atoms with Crippen LogP contribution in [0.1, 0.15) is 30.5 Å². The first kappa shape index (κ1) is 19.1. The summed E-state index contributed by atoms with van der Waals surface area (Å²) < 4.78 is 6.01. The number of nitrogens with one attached hydrogen (secondary N) is 1. The molecule has 2 amide bonds. The van der Waals surface area contributed by atoms with Gasteiger partial charge in [-0.2, -0.15) is 0 Å². The first-order valence-electron chi connectivity index (χ1n) is 8.50. The van der Waals surface area contributed by atoms with E-state index in [1.807, 2.05) is 38.1 Å². The fourth-order valence-corrected chi connectivity index (χ4v) is 2.97. The van der Waals surface area contributed by atoms with Crippen LogP contribution < -0.4 is 15.0 Å². The average molecular weight is 361 g/mol. The second kappa shape index (κ2) is 8.77. The molecule has 0 saturated carbocycles. The molecular formula is C20H25ClN2O2. The van der Waals surface area contributed by atoms with Crippen molar-refractivity contribution in [1.82, 2.24) is 5.32 Å². The van der Waals surface area contributed by atoms with Crippen molar-refractivity contribution in [2.75, 3.05) is 18.5 Å². The van der Waals surface area contributed by atoms with E-state index in [1.54, 1.807) is 11.9 Å². The minimum atomic E-state index is -0.172. The van der Waals surface area contributed by atoms with Gasteiger partial charge in [-0.1, -0.05) is 36.7 Å². The highest BCUT2D eigenvalue weighted by Gasteiger charge is 2.18. The molecule has 0 spiro atoms. The second-order valence-electron chi connectivity index (χ2n) is 5.78. The molecule has 0 atom stereocenters. The molecule has 0 bridgehead atoms. The van der Waals surface area contributed by atoms with E-state index in [0.29, 0.717) is 18.2 Å². The predicted molar refractivity (Wildman–Crippen MR) is 104 cm³/mol. The maximum Gasteiger partial charge on any atom is 0.321 e. The first-order valence-corrected chi connectivity index (χ1v) is 8.88. The Morgan fingerprint density at radius 1 is 1.24 bits per heavy atom. The Balaban J connectivity index is 2.29. The van der Waals surface area contributed by atoms with Crippen LogP contribution in [0.25, 0.3) is 0 Å².